The summed E-state index contributed by atoms with van der Waals surface area (Å²) >= 11 is 0. The maximum Gasteiger partial charge on any atom is 0.333 e. The van der Waals surface area contributed by atoms with Crippen LogP contribution in [0.3, 0.4) is 0 Å². The first-order valence-corrected chi connectivity index (χ1v) is 13.4. The van der Waals surface area contributed by atoms with Crippen molar-refractivity contribution in [3.63, 3.8) is 0 Å². The van der Waals surface area contributed by atoms with E-state index in [-0.39, 0.29) is 36.7 Å². The molecule has 8 fully saturated rings. The fourth-order valence-corrected chi connectivity index (χ4v) is 9.98. The van der Waals surface area contributed by atoms with E-state index in [0.717, 1.165) is 51.4 Å². The number of rotatable bonds is 7. The van der Waals surface area contributed by atoms with Crippen LogP contribution in [0.2, 0.25) is 0 Å². The van der Waals surface area contributed by atoms with Crippen molar-refractivity contribution in [1.29, 1.82) is 0 Å². The van der Waals surface area contributed by atoms with Gasteiger partial charge in [-0.1, -0.05) is 13.5 Å². The Kier molecular flexibility index (Phi) is 5.28. The summed E-state index contributed by atoms with van der Waals surface area (Å²) in [6.45, 7) is 8.37. The van der Waals surface area contributed by atoms with E-state index in [1.165, 1.54) is 12.8 Å². The fraction of sp³-hybridized carbons (Fsp3) is 0.857. The average Bonchev–Trinajstić information content (AvgIpc) is 2.72. The maximum absolute atomic E-state index is 13.3. The normalized spacial score (nSPS) is 49.8. The first-order valence-electron chi connectivity index (χ1n) is 13.4. The molecule has 34 heavy (non-hydrogen) atoms. The highest BCUT2D eigenvalue weighted by atomic mass is 16.7. The molecule has 0 saturated heterocycles. The van der Waals surface area contributed by atoms with Crippen molar-refractivity contribution in [3.8, 4) is 0 Å². The van der Waals surface area contributed by atoms with Gasteiger partial charge < -0.3 is 19.3 Å². The van der Waals surface area contributed by atoms with E-state index in [1.54, 1.807) is 6.92 Å². The maximum atomic E-state index is 13.3. The van der Waals surface area contributed by atoms with E-state index in [0.29, 0.717) is 41.3 Å². The third kappa shape index (κ3) is 3.75. The van der Waals surface area contributed by atoms with Gasteiger partial charge in [0.25, 0.3) is 0 Å². The highest BCUT2D eigenvalue weighted by Crippen LogP contribution is 2.64. The molecule has 0 aliphatic heterocycles. The van der Waals surface area contributed by atoms with E-state index < -0.39 is 11.0 Å². The van der Waals surface area contributed by atoms with Crippen molar-refractivity contribution in [2.75, 3.05) is 13.4 Å². The summed E-state index contributed by atoms with van der Waals surface area (Å²) in [7, 11) is 0. The zero-order valence-electron chi connectivity index (χ0n) is 20.7. The minimum absolute atomic E-state index is 0.0200. The van der Waals surface area contributed by atoms with Gasteiger partial charge in [0.2, 0.25) is 0 Å². The highest BCUT2D eigenvalue weighted by molar-refractivity contribution is 5.87. The summed E-state index contributed by atoms with van der Waals surface area (Å²) in [6, 6.07) is 0. The second-order valence-corrected chi connectivity index (χ2v) is 13.5. The molecule has 6 heteroatoms. The Bertz CT molecular complexity index is 841. The van der Waals surface area contributed by atoms with Crippen LogP contribution >= 0.6 is 0 Å². The molecule has 8 aliphatic rings. The van der Waals surface area contributed by atoms with Crippen molar-refractivity contribution in [2.45, 2.75) is 89.8 Å². The van der Waals surface area contributed by atoms with Crippen LogP contribution in [0.5, 0.6) is 0 Å². The van der Waals surface area contributed by atoms with Crippen molar-refractivity contribution in [3.05, 3.63) is 12.2 Å². The molecule has 8 aliphatic carbocycles. The Morgan fingerprint density at radius 3 is 2.21 bits per heavy atom. The topological polar surface area (TPSA) is 82.1 Å². The molecule has 6 nitrogen and oxygen atoms in total. The molecular formula is C28H40O6. The first kappa shape index (κ1) is 23.0. The minimum atomic E-state index is -0.460. The number of esters is 2. The van der Waals surface area contributed by atoms with Gasteiger partial charge in [-0.25, -0.2) is 4.79 Å². The zero-order valence-corrected chi connectivity index (χ0v) is 20.7. The Hall–Kier alpha value is -1.40. The monoisotopic (exact) mass is 472 g/mol. The van der Waals surface area contributed by atoms with Gasteiger partial charge in [-0.2, -0.15) is 0 Å². The third-order valence-electron chi connectivity index (χ3n) is 10.6. The average molecular weight is 473 g/mol. The lowest BCUT2D eigenvalue weighted by atomic mass is 9.45. The largest absolute Gasteiger partial charge is 0.458 e. The smallest absolute Gasteiger partial charge is 0.333 e. The lowest BCUT2D eigenvalue weighted by Crippen LogP contribution is -2.59. The Morgan fingerprint density at radius 1 is 0.971 bits per heavy atom. The van der Waals surface area contributed by atoms with Crippen molar-refractivity contribution in [1.82, 2.24) is 0 Å². The standard InChI is InChI=1S/C28H40O6/c1-16(2)24(29)34-23-18-4-17-5-19(23)10-27(6-17,9-18)25(30)33-15-32-13-22-20-7-26(3)8-21(22)12-28(31,11-20)14-26/h17-23,31H,1,4-15H2,2-3H3. The van der Waals surface area contributed by atoms with Crippen LogP contribution in [-0.4, -0.2) is 42.1 Å². The summed E-state index contributed by atoms with van der Waals surface area (Å²) in [5, 5.41) is 10.9. The molecule has 1 N–H and O–H groups in total. The van der Waals surface area contributed by atoms with E-state index in [1.807, 2.05) is 0 Å². The molecule has 0 radical (unpaired) electrons. The van der Waals surface area contributed by atoms with Crippen LogP contribution in [0, 0.1) is 46.3 Å². The van der Waals surface area contributed by atoms with Gasteiger partial charge in [-0.3, -0.25) is 4.79 Å². The summed E-state index contributed by atoms with van der Waals surface area (Å²) in [5.74, 6) is 2.08. The SMILES string of the molecule is C=C(C)C(=O)OC1C2CC3CC1CC(C(=O)OCOCC1C4CC5(C)CC1CC(O)(C4)C5)(C3)C2. The predicted octanol–water partition coefficient (Wildman–Crippen LogP) is 4.40. The molecule has 0 aromatic rings. The summed E-state index contributed by atoms with van der Waals surface area (Å²) in [4.78, 5) is 25.4. The Balaban J connectivity index is 1.02. The van der Waals surface area contributed by atoms with E-state index in [2.05, 4.69) is 13.5 Å². The molecule has 8 rings (SSSR count). The van der Waals surface area contributed by atoms with Gasteiger partial charge in [-0.05, 0) is 112 Å². The molecule has 0 heterocycles. The fourth-order valence-electron chi connectivity index (χ4n) is 9.98. The van der Waals surface area contributed by atoms with Crippen molar-refractivity contribution >= 4 is 11.9 Å². The molecule has 0 amide bonds. The number of carbonyl (C=O) groups excluding carboxylic acids is 2. The second kappa shape index (κ2) is 7.80. The van der Waals surface area contributed by atoms with Gasteiger partial charge in [0.05, 0.1) is 17.6 Å². The second-order valence-electron chi connectivity index (χ2n) is 13.5. The van der Waals surface area contributed by atoms with Crippen LogP contribution in [-0.2, 0) is 23.8 Å². The number of carbonyl (C=O) groups is 2. The molecular weight excluding hydrogens is 432 g/mol. The van der Waals surface area contributed by atoms with Crippen LogP contribution in [0.25, 0.3) is 0 Å². The highest BCUT2D eigenvalue weighted by Gasteiger charge is 2.61. The van der Waals surface area contributed by atoms with Crippen LogP contribution in [0.15, 0.2) is 12.2 Å². The van der Waals surface area contributed by atoms with Crippen LogP contribution < -0.4 is 0 Å². The molecule has 0 spiro atoms. The summed E-state index contributed by atoms with van der Waals surface area (Å²) in [6.07, 6.45) is 9.49. The predicted molar refractivity (Wildman–Crippen MR) is 124 cm³/mol. The Morgan fingerprint density at radius 2 is 1.62 bits per heavy atom. The Labute approximate surface area is 202 Å². The quantitative estimate of drug-likeness (QED) is 0.256. The molecule has 4 unspecified atom stereocenters. The van der Waals surface area contributed by atoms with Crippen molar-refractivity contribution < 1.29 is 28.9 Å². The lowest BCUT2D eigenvalue weighted by Gasteiger charge is -2.62. The minimum Gasteiger partial charge on any atom is -0.458 e. The van der Waals surface area contributed by atoms with Crippen molar-refractivity contribution in [2.24, 2.45) is 46.3 Å². The lowest BCUT2D eigenvalue weighted by molar-refractivity contribution is -0.209. The molecule has 4 atom stereocenters. The van der Waals surface area contributed by atoms with E-state index >= 15 is 0 Å². The number of hydrogen-bond donors (Lipinski definition) is 1. The molecule has 8 bridgehead atoms. The number of aliphatic hydroxyl groups is 1. The van der Waals surface area contributed by atoms with Crippen LogP contribution in [0.1, 0.15) is 78.1 Å². The molecule has 0 aromatic carbocycles. The van der Waals surface area contributed by atoms with Gasteiger partial charge >= 0.3 is 11.9 Å². The van der Waals surface area contributed by atoms with Gasteiger partial charge in [-0.15, -0.1) is 0 Å². The molecule has 188 valence electrons. The van der Waals surface area contributed by atoms with E-state index in [9.17, 15) is 14.7 Å². The van der Waals surface area contributed by atoms with Gasteiger partial charge in [0, 0.05) is 5.57 Å². The molecule has 0 aromatic heterocycles. The summed E-state index contributed by atoms with van der Waals surface area (Å²) < 4.78 is 17.5. The number of hydrogen-bond acceptors (Lipinski definition) is 6. The number of ether oxygens (including phenoxy) is 3. The van der Waals surface area contributed by atoms with Gasteiger partial charge in [0.15, 0.2) is 6.79 Å². The summed E-state index contributed by atoms with van der Waals surface area (Å²) in [5.41, 5.74) is -0.175. The first-order chi connectivity index (χ1) is 16.1. The van der Waals surface area contributed by atoms with E-state index in [4.69, 9.17) is 14.2 Å². The molecule has 8 saturated carbocycles. The zero-order chi connectivity index (χ0) is 23.9. The van der Waals surface area contributed by atoms with Gasteiger partial charge in [0.1, 0.15) is 6.10 Å². The van der Waals surface area contributed by atoms with Crippen LogP contribution in [0.4, 0.5) is 0 Å². The third-order valence-corrected chi connectivity index (χ3v) is 10.6.